The Morgan fingerprint density at radius 2 is 1.68 bits per heavy atom. The van der Waals surface area contributed by atoms with Crippen LogP contribution in [0.1, 0.15) is 30.2 Å². The van der Waals surface area contributed by atoms with Gasteiger partial charge in [0.2, 0.25) is 21.8 Å². The highest BCUT2D eigenvalue weighted by atomic mass is 32.2. The Kier molecular flexibility index (Phi) is 5.56. The number of benzene rings is 2. The first-order valence-corrected chi connectivity index (χ1v) is 10.9. The second-order valence-electron chi connectivity index (χ2n) is 7.18. The number of alkyl halides is 3. The largest absolute Gasteiger partial charge is 0.420 e. The van der Waals surface area contributed by atoms with Crippen molar-refractivity contribution in [1.82, 2.24) is 14.5 Å². The van der Waals surface area contributed by atoms with E-state index in [4.69, 9.17) is 4.42 Å². The lowest BCUT2D eigenvalue weighted by Crippen LogP contribution is -2.39. The van der Waals surface area contributed by atoms with Crippen molar-refractivity contribution in [3.8, 4) is 11.5 Å². The summed E-state index contributed by atoms with van der Waals surface area (Å²) in [6, 6.07) is 8.94. The Labute approximate surface area is 175 Å². The van der Waals surface area contributed by atoms with Crippen LogP contribution in [0.15, 0.2) is 57.8 Å². The van der Waals surface area contributed by atoms with Crippen LogP contribution in [0, 0.1) is 5.82 Å². The summed E-state index contributed by atoms with van der Waals surface area (Å²) < 4.78 is 83.9. The Morgan fingerprint density at radius 3 is 2.32 bits per heavy atom. The summed E-state index contributed by atoms with van der Waals surface area (Å²) in [4.78, 5) is -0.00878. The molecule has 1 aliphatic rings. The fourth-order valence-electron chi connectivity index (χ4n) is 3.44. The molecule has 0 spiro atoms. The minimum absolute atomic E-state index is 0.00878. The van der Waals surface area contributed by atoms with Gasteiger partial charge in [-0.1, -0.05) is 0 Å². The number of nitrogens with zero attached hydrogens (tertiary/aromatic N) is 3. The molecule has 1 fully saturated rings. The molecular weight excluding hydrogens is 438 g/mol. The molecule has 31 heavy (non-hydrogen) atoms. The number of piperidine rings is 1. The summed E-state index contributed by atoms with van der Waals surface area (Å²) in [5.74, 6) is -0.618. The van der Waals surface area contributed by atoms with Gasteiger partial charge in [-0.25, -0.2) is 12.8 Å². The molecule has 2 heterocycles. The molecule has 0 aliphatic carbocycles. The molecule has 2 aromatic carbocycles. The van der Waals surface area contributed by atoms with Crippen molar-refractivity contribution < 1.29 is 30.4 Å². The van der Waals surface area contributed by atoms with Crippen LogP contribution in [0.4, 0.5) is 17.6 Å². The van der Waals surface area contributed by atoms with Gasteiger partial charge in [0.15, 0.2) is 0 Å². The van der Waals surface area contributed by atoms with E-state index in [9.17, 15) is 26.0 Å². The summed E-state index contributed by atoms with van der Waals surface area (Å²) >= 11 is 0. The topological polar surface area (TPSA) is 76.3 Å². The van der Waals surface area contributed by atoms with E-state index < -0.39 is 27.6 Å². The van der Waals surface area contributed by atoms with Crippen LogP contribution >= 0.6 is 0 Å². The normalized spacial score (nSPS) is 18.3. The molecule has 0 amide bonds. The number of aromatic nitrogens is 2. The van der Waals surface area contributed by atoms with Crippen LogP contribution in [0.5, 0.6) is 0 Å². The highest BCUT2D eigenvalue weighted by Crippen LogP contribution is 2.33. The average molecular weight is 455 g/mol. The molecule has 3 aromatic rings. The van der Waals surface area contributed by atoms with E-state index in [2.05, 4.69) is 10.2 Å². The molecule has 0 saturated carbocycles. The SMILES string of the molecule is O=S(=O)(c1ccc(F)cc1)N1CCCC(c2nnc(-c3ccc(C(F)(F)F)cc3)o2)C1. The maximum atomic E-state index is 13.1. The second-order valence-corrected chi connectivity index (χ2v) is 9.11. The molecule has 0 N–H and O–H groups in total. The van der Waals surface area contributed by atoms with Gasteiger partial charge in [0.05, 0.1) is 16.4 Å². The minimum atomic E-state index is -4.44. The maximum Gasteiger partial charge on any atom is 0.416 e. The van der Waals surface area contributed by atoms with Crippen LogP contribution < -0.4 is 0 Å². The van der Waals surface area contributed by atoms with E-state index in [0.717, 1.165) is 24.3 Å². The Balaban J connectivity index is 1.52. The molecule has 1 unspecified atom stereocenters. The molecule has 1 aromatic heterocycles. The van der Waals surface area contributed by atoms with Crippen LogP contribution in [0.25, 0.3) is 11.5 Å². The van der Waals surface area contributed by atoms with Crippen LogP contribution in [-0.4, -0.2) is 36.0 Å². The monoisotopic (exact) mass is 455 g/mol. The van der Waals surface area contributed by atoms with E-state index in [1.807, 2.05) is 0 Å². The smallest absolute Gasteiger partial charge is 0.416 e. The molecule has 4 rings (SSSR count). The number of halogens is 4. The number of sulfonamides is 1. The third-order valence-electron chi connectivity index (χ3n) is 5.08. The minimum Gasteiger partial charge on any atom is -0.420 e. The third kappa shape index (κ3) is 4.47. The second kappa shape index (κ2) is 8.04. The zero-order valence-corrected chi connectivity index (χ0v) is 16.8. The van der Waals surface area contributed by atoms with E-state index in [1.54, 1.807) is 0 Å². The van der Waals surface area contributed by atoms with Crippen molar-refractivity contribution in [3.63, 3.8) is 0 Å². The Hall–Kier alpha value is -2.79. The first-order valence-electron chi connectivity index (χ1n) is 9.41. The summed E-state index contributed by atoms with van der Waals surface area (Å²) in [6.07, 6.45) is -3.27. The van der Waals surface area contributed by atoms with E-state index >= 15 is 0 Å². The van der Waals surface area contributed by atoms with E-state index in [1.165, 1.54) is 28.6 Å². The number of hydrogen-bond acceptors (Lipinski definition) is 5. The van der Waals surface area contributed by atoms with Gasteiger partial charge in [-0.2, -0.15) is 17.5 Å². The van der Waals surface area contributed by atoms with Gasteiger partial charge in [0.25, 0.3) is 0 Å². The van der Waals surface area contributed by atoms with Crippen molar-refractivity contribution in [3.05, 3.63) is 65.8 Å². The molecule has 6 nitrogen and oxygen atoms in total. The van der Waals surface area contributed by atoms with Gasteiger partial charge in [-0.15, -0.1) is 10.2 Å². The number of hydrogen-bond donors (Lipinski definition) is 0. The third-order valence-corrected chi connectivity index (χ3v) is 6.96. The summed E-state index contributed by atoms with van der Waals surface area (Å²) in [6.45, 7) is 0.407. The van der Waals surface area contributed by atoms with Gasteiger partial charge in [0, 0.05) is 18.7 Å². The molecule has 164 valence electrons. The van der Waals surface area contributed by atoms with Crippen molar-refractivity contribution in [2.75, 3.05) is 13.1 Å². The quantitative estimate of drug-likeness (QED) is 0.543. The highest BCUT2D eigenvalue weighted by Gasteiger charge is 2.34. The predicted molar refractivity (Wildman–Crippen MR) is 102 cm³/mol. The zero-order chi connectivity index (χ0) is 22.2. The Bertz CT molecular complexity index is 1160. The van der Waals surface area contributed by atoms with Crippen molar-refractivity contribution in [2.45, 2.75) is 29.8 Å². The predicted octanol–water partition coefficient (Wildman–Crippen LogP) is 4.46. The van der Waals surface area contributed by atoms with Crippen LogP contribution in [0.2, 0.25) is 0 Å². The fourth-order valence-corrected chi connectivity index (χ4v) is 4.96. The molecule has 11 heteroatoms. The molecule has 1 aliphatic heterocycles. The summed E-state index contributed by atoms with van der Waals surface area (Å²) in [5, 5.41) is 7.88. The zero-order valence-electron chi connectivity index (χ0n) is 16.0. The van der Waals surface area contributed by atoms with Gasteiger partial charge in [0.1, 0.15) is 5.82 Å². The van der Waals surface area contributed by atoms with Gasteiger partial charge >= 0.3 is 6.18 Å². The first kappa shape index (κ1) is 21.4. The van der Waals surface area contributed by atoms with E-state index in [0.29, 0.717) is 24.9 Å². The van der Waals surface area contributed by atoms with Crippen LogP contribution in [-0.2, 0) is 16.2 Å². The molecule has 1 atom stereocenters. The van der Waals surface area contributed by atoms with Crippen LogP contribution in [0.3, 0.4) is 0 Å². The Morgan fingerprint density at radius 1 is 1.00 bits per heavy atom. The number of rotatable bonds is 4. The lowest BCUT2D eigenvalue weighted by Gasteiger charge is -2.30. The first-order chi connectivity index (χ1) is 14.6. The molecule has 0 radical (unpaired) electrons. The van der Waals surface area contributed by atoms with Gasteiger partial charge in [-0.3, -0.25) is 0 Å². The standard InChI is InChI=1S/C20H17F4N3O3S/c21-16-7-9-17(10-8-16)31(28,29)27-11-1-2-14(12-27)19-26-25-18(30-19)13-3-5-15(6-4-13)20(22,23)24/h3-10,14H,1-2,11-12H2. The molecule has 0 bridgehead atoms. The average Bonchev–Trinajstić information content (AvgIpc) is 3.24. The lowest BCUT2D eigenvalue weighted by molar-refractivity contribution is -0.137. The maximum absolute atomic E-state index is 13.1. The fraction of sp³-hybridized carbons (Fsp3) is 0.300. The van der Waals surface area contributed by atoms with Crippen molar-refractivity contribution >= 4 is 10.0 Å². The summed E-state index contributed by atoms with van der Waals surface area (Å²) in [5.41, 5.74) is -0.455. The van der Waals surface area contributed by atoms with Crippen molar-refractivity contribution in [2.24, 2.45) is 0 Å². The molecule has 1 saturated heterocycles. The van der Waals surface area contributed by atoms with Crippen molar-refractivity contribution in [1.29, 1.82) is 0 Å². The highest BCUT2D eigenvalue weighted by molar-refractivity contribution is 7.89. The molecular formula is C20H17F4N3O3S. The lowest BCUT2D eigenvalue weighted by atomic mass is 10.00. The van der Waals surface area contributed by atoms with Gasteiger partial charge < -0.3 is 4.42 Å². The summed E-state index contributed by atoms with van der Waals surface area (Å²) in [7, 11) is -3.81. The van der Waals surface area contributed by atoms with Gasteiger partial charge in [-0.05, 0) is 61.4 Å². The van der Waals surface area contributed by atoms with E-state index in [-0.39, 0.29) is 29.1 Å².